The first-order chi connectivity index (χ1) is 10.2. The Hall–Kier alpha value is -1.80. The molecule has 2 atom stereocenters. The monoisotopic (exact) mass is 278 g/mol. The van der Waals surface area contributed by atoms with Crippen molar-refractivity contribution in [2.45, 2.75) is 37.9 Å². The summed E-state index contributed by atoms with van der Waals surface area (Å²) in [5.74, 6) is 0. The largest absolute Gasteiger partial charge is 0.348 e. The first-order valence-electron chi connectivity index (χ1n) is 7.81. The third-order valence-electron chi connectivity index (χ3n) is 5.68. The number of nitrogens with one attached hydrogen (secondary N) is 1. The molecule has 0 amide bonds. The maximum absolute atomic E-state index is 3.78. The summed E-state index contributed by atoms with van der Waals surface area (Å²) in [6.45, 7) is 6.82. The second-order valence-electron chi connectivity index (χ2n) is 6.67. The highest BCUT2D eigenvalue weighted by Crippen LogP contribution is 2.55. The summed E-state index contributed by atoms with van der Waals surface area (Å²) in [5.41, 5.74) is 4.45. The van der Waals surface area contributed by atoms with Crippen LogP contribution in [0.1, 0.15) is 31.4 Å². The molecule has 0 radical (unpaired) electrons. The zero-order valence-corrected chi connectivity index (χ0v) is 12.8. The molecule has 0 aromatic heterocycles. The molecule has 2 aromatic rings. The molecule has 2 aromatic carbocycles. The first-order valence-corrected chi connectivity index (χ1v) is 7.81. The first kappa shape index (κ1) is 12.9. The van der Waals surface area contributed by atoms with Crippen LogP contribution in [-0.4, -0.2) is 12.2 Å². The number of benzene rings is 2. The molecular weight excluding hydrogens is 256 g/mol. The van der Waals surface area contributed by atoms with E-state index in [0.29, 0.717) is 0 Å². The highest BCUT2D eigenvalue weighted by Gasteiger charge is 2.58. The van der Waals surface area contributed by atoms with Crippen LogP contribution >= 0.6 is 0 Å². The van der Waals surface area contributed by atoms with Gasteiger partial charge in [-0.25, -0.2) is 0 Å². The zero-order chi connectivity index (χ0) is 14.5. The number of rotatable bonds is 2. The van der Waals surface area contributed by atoms with E-state index in [1.54, 1.807) is 0 Å². The van der Waals surface area contributed by atoms with Crippen LogP contribution in [0, 0.1) is 0 Å². The van der Waals surface area contributed by atoms with Crippen molar-refractivity contribution in [3.8, 4) is 0 Å². The molecule has 2 aliphatic heterocycles. The number of nitrogens with zero attached hydrogens (tertiary/aromatic N) is 1. The van der Waals surface area contributed by atoms with Gasteiger partial charge in [0.05, 0.1) is 5.66 Å². The van der Waals surface area contributed by atoms with Crippen molar-refractivity contribution in [3.05, 3.63) is 65.7 Å². The molecule has 108 valence electrons. The minimum atomic E-state index is 0.00648. The van der Waals surface area contributed by atoms with E-state index >= 15 is 0 Å². The number of hydrogen-bond acceptors (Lipinski definition) is 2. The Morgan fingerprint density at radius 1 is 1.00 bits per heavy atom. The van der Waals surface area contributed by atoms with Crippen LogP contribution in [0.3, 0.4) is 0 Å². The molecule has 2 heteroatoms. The molecule has 0 saturated carbocycles. The van der Waals surface area contributed by atoms with E-state index in [1.807, 2.05) is 0 Å². The van der Waals surface area contributed by atoms with Crippen LogP contribution in [0.4, 0.5) is 5.69 Å². The Labute approximate surface area is 126 Å². The Kier molecular flexibility index (Phi) is 2.67. The van der Waals surface area contributed by atoms with Gasteiger partial charge in [-0.2, -0.15) is 0 Å². The second kappa shape index (κ2) is 4.35. The summed E-state index contributed by atoms with van der Waals surface area (Å²) in [6.07, 6.45) is 1.20. The summed E-state index contributed by atoms with van der Waals surface area (Å²) in [7, 11) is 0. The average molecular weight is 278 g/mol. The number of fused-ring (bicyclic) bond motifs is 3. The van der Waals surface area contributed by atoms with Gasteiger partial charge in [-0.15, -0.1) is 0 Å². The number of para-hydroxylation sites is 1. The van der Waals surface area contributed by atoms with Crippen LogP contribution in [0.2, 0.25) is 0 Å². The van der Waals surface area contributed by atoms with E-state index in [2.05, 4.69) is 78.7 Å². The quantitative estimate of drug-likeness (QED) is 0.901. The summed E-state index contributed by atoms with van der Waals surface area (Å²) >= 11 is 0. The van der Waals surface area contributed by atoms with Crippen molar-refractivity contribution in [3.63, 3.8) is 0 Å². The third kappa shape index (κ3) is 1.63. The van der Waals surface area contributed by atoms with Crippen molar-refractivity contribution in [2.75, 3.05) is 11.4 Å². The van der Waals surface area contributed by atoms with Gasteiger partial charge in [-0.1, -0.05) is 55.5 Å². The molecule has 2 nitrogen and oxygen atoms in total. The standard InChI is InChI=1S/C19H22N2/c1-18-12-13-20-19(18,2)21(14-15-8-4-3-5-9-15)17-11-7-6-10-16(17)18/h3-11,20H,12-14H2,1-2H3. The van der Waals surface area contributed by atoms with E-state index in [4.69, 9.17) is 0 Å². The van der Waals surface area contributed by atoms with Crippen LogP contribution in [0.5, 0.6) is 0 Å². The summed E-state index contributed by atoms with van der Waals surface area (Å²) < 4.78 is 0. The zero-order valence-electron chi connectivity index (χ0n) is 12.8. The maximum atomic E-state index is 3.78. The molecule has 1 saturated heterocycles. The molecule has 21 heavy (non-hydrogen) atoms. The van der Waals surface area contributed by atoms with Crippen molar-refractivity contribution in [1.29, 1.82) is 0 Å². The van der Waals surface area contributed by atoms with Crippen LogP contribution in [-0.2, 0) is 12.0 Å². The number of anilines is 1. The van der Waals surface area contributed by atoms with E-state index in [0.717, 1.165) is 13.1 Å². The van der Waals surface area contributed by atoms with Gasteiger partial charge in [0.1, 0.15) is 0 Å². The molecule has 0 aliphatic carbocycles. The average Bonchev–Trinajstić information content (AvgIpc) is 2.91. The topological polar surface area (TPSA) is 15.3 Å². The lowest BCUT2D eigenvalue weighted by molar-refractivity contribution is 0.281. The molecule has 2 aliphatic rings. The van der Waals surface area contributed by atoms with Crippen molar-refractivity contribution in [1.82, 2.24) is 5.32 Å². The molecule has 0 spiro atoms. The minimum absolute atomic E-state index is 0.00648. The van der Waals surface area contributed by atoms with Gasteiger partial charge in [0, 0.05) is 17.6 Å². The van der Waals surface area contributed by atoms with E-state index in [-0.39, 0.29) is 11.1 Å². The molecule has 2 unspecified atom stereocenters. The van der Waals surface area contributed by atoms with Crippen molar-refractivity contribution in [2.24, 2.45) is 0 Å². The third-order valence-corrected chi connectivity index (χ3v) is 5.68. The Bertz CT molecular complexity index is 666. The highest BCUT2D eigenvalue weighted by atomic mass is 15.4. The highest BCUT2D eigenvalue weighted by molar-refractivity contribution is 5.67. The maximum Gasteiger partial charge on any atom is 0.0979 e. The van der Waals surface area contributed by atoms with E-state index in [1.165, 1.54) is 23.2 Å². The second-order valence-corrected chi connectivity index (χ2v) is 6.67. The van der Waals surface area contributed by atoms with Gasteiger partial charge >= 0.3 is 0 Å². The SMILES string of the molecule is CC12CCNC1(C)N(Cc1ccccc1)c1ccccc12. The molecule has 4 rings (SSSR count). The fourth-order valence-electron chi connectivity index (χ4n) is 4.21. The normalized spacial score (nSPS) is 30.3. The lowest BCUT2D eigenvalue weighted by Gasteiger charge is -2.42. The predicted molar refractivity (Wildman–Crippen MR) is 87.4 cm³/mol. The smallest absolute Gasteiger partial charge is 0.0979 e. The summed E-state index contributed by atoms with van der Waals surface area (Å²) in [5, 5.41) is 3.78. The summed E-state index contributed by atoms with van der Waals surface area (Å²) in [6, 6.07) is 19.7. The van der Waals surface area contributed by atoms with Gasteiger partial charge in [-0.3, -0.25) is 5.32 Å². The van der Waals surface area contributed by atoms with Crippen molar-refractivity contribution >= 4 is 5.69 Å². The Morgan fingerprint density at radius 3 is 2.52 bits per heavy atom. The van der Waals surface area contributed by atoms with Crippen LogP contribution in [0.25, 0.3) is 0 Å². The molecule has 2 heterocycles. The van der Waals surface area contributed by atoms with Gasteiger partial charge in [0.15, 0.2) is 0 Å². The molecule has 1 fully saturated rings. The molecule has 0 bridgehead atoms. The molecular formula is C19H22N2. The Morgan fingerprint density at radius 2 is 1.71 bits per heavy atom. The van der Waals surface area contributed by atoms with Gasteiger partial charge in [0.2, 0.25) is 0 Å². The van der Waals surface area contributed by atoms with Gasteiger partial charge in [0.25, 0.3) is 0 Å². The number of hydrogen-bond donors (Lipinski definition) is 1. The van der Waals surface area contributed by atoms with Gasteiger partial charge in [-0.05, 0) is 37.1 Å². The van der Waals surface area contributed by atoms with E-state index < -0.39 is 0 Å². The van der Waals surface area contributed by atoms with Crippen molar-refractivity contribution < 1.29 is 0 Å². The van der Waals surface area contributed by atoms with E-state index in [9.17, 15) is 0 Å². The predicted octanol–water partition coefficient (Wildman–Crippen LogP) is 3.67. The fraction of sp³-hybridized carbons (Fsp3) is 0.368. The van der Waals surface area contributed by atoms with Gasteiger partial charge < -0.3 is 4.90 Å². The lowest BCUT2D eigenvalue weighted by Crippen LogP contribution is -2.58. The summed E-state index contributed by atoms with van der Waals surface area (Å²) in [4.78, 5) is 2.56. The Balaban J connectivity index is 1.82. The molecule has 1 N–H and O–H groups in total. The van der Waals surface area contributed by atoms with Crippen LogP contribution < -0.4 is 10.2 Å². The lowest BCUT2D eigenvalue weighted by atomic mass is 9.75. The minimum Gasteiger partial charge on any atom is -0.348 e. The van der Waals surface area contributed by atoms with Crippen LogP contribution in [0.15, 0.2) is 54.6 Å². The fourth-order valence-corrected chi connectivity index (χ4v) is 4.21.